The zero-order valence-electron chi connectivity index (χ0n) is 13.2. The Kier molecular flexibility index (Phi) is 4.93. The molecule has 0 unspecified atom stereocenters. The third kappa shape index (κ3) is 4.01. The number of carbonyl (C=O) groups is 2. The highest BCUT2D eigenvalue weighted by atomic mass is 19.1. The van der Waals surface area contributed by atoms with Crippen molar-refractivity contribution in [2.45, 2.75) is 25.3 Å². The summed E-state index contributed by atoms with van der Waals surface area (Å²) in [5.74, 6) is -0.435. The van der Waals surface area contributed by atoms with Gasteiger partial charge in [0, 0.05) is 19.1 Å². The molecule has 1 saturated heterocycles. The number of halogens is 1. The minimum Gasteiger partial charge on any atom is -0.472 e. The van der Waals surface area contributed by atoms with Crippen molar-refractivity contribution in [3.05, 3.63) is 59.8 Å². The van der Waals surface area contributed by atoms with Crippen LogP contribution in [0, 0.1) is 5.82 Å². The van der Waals surface area contributed by atoms with E-state index < -0.39 is 0 Å². The third-order valence-corrected chi connectivity index (χ3v) is 4.19. The van der Waals surface area contributed by atoms with Gasteiger partial charge in [-0.2, -0.15) is 0 Å². The quantitative estimate of drug-likeness (QED) is 0.936. The van der Waals surface area contributed by atoms with Gasteiger partial charge in [0.1, 0.15) is 12.1 Å². The minimum absolute atomic E-state index is 0.0418. The maximum absolute atomic E-state index is 12.9. The van der Waals surface area contributed by atoms with Crippen molar-refractivity contribution in [3.63, 3.8) is 0 Å². The molecule has 1 aromatic carbocycles. The van der Waals surface area contributed by atoms with E-state index in [0.29, 0.717) is 18.7 Å². The highest BCUT2D eigenvalue weighted by molar-refractivity contribution is 5.93. The zero-order chi connectivity index (χ0) is 16.9. The van der Waals surface area contributed by atoms with Crippen molar-refractivity contribution in [2.75, 3.05) is 13.1 Å². The minimum atomic E-state index is -0.311. The average molecular weight is 330 g/mol. The number of nitrogens with zero attached hydrogens (tertiary/aromatic N) is 1. The molecule has 6 heteroatoms. The number of hydrogen-bond donors (Lipinski definition) is 1. The number of rotatable bonds is 4. The lowest BCUT2D eigenvalue weighted by molar-refractivity contribution is -0.121. The van der Waals surface area contributed by atoms with E-state index in [1.807, 2.05) is 0 Å². The smallest absolute Gasteiger partial charge is 0.257 e. The molecular weight excluding hydrogens is 311 g/mol. The summed E-state index contributed by atoms with van der Waals surface area (Å²) < 4.78 is 17.8. The summed E-state index contributed by atoms with van der Waals surface area (Å²) in [6.45, 7) is 1.21. The maximum atomic E-state index is 12.9. The van der Waals surface area contributed by atoms with Crippen LogP contribution in [0.25, 0.3) is 0 Å². The Morgan fingerprint density at radius 2 is 1.88 bits per heavy atom. The molecule has 1 aromatic heterocycles. The van der Waals surface area contributed by atoms with Gasteiger partial charge in [0.15, 0.2) is 0 Å². The van der Waals surface area contributed by atoms with E-state index >= 15 is 0 Å². The molecule has 1 fully saturated rings. The van der Waals surface area contributed by atoms with E-state index in [9.17, 15) is 14.0 Å². The number of carbonyl (C=O) groups excluding carboxylic acids is 2. The Balaban J connectivity index is 1.46. The van der Waals surface area contributed by atoms with Crippen LogP contribution < -0.4 is 5.32 Å². The predicted molar refractivity (Wildman–Crippen MR) is 85.9 cm³/mol. The number of benzene rings is 1. The van der Waals surface area contributed by atoms with Crippen LogP contribution >= 0.6 is 0 Å². The summed E-state index contributed by atoms with van der Waals surface area (Å²) in [6.07, 6.45) is 4.60. The van der Waals surface area contributed by atoms with E-state index in [0.717, 1.165) is 18.4 Å². The van der Waals surface area contributed by atoms with Gasteiger partial charge < -0.3 is 14.6 Å². The van der Waals surface area contributed by atoms with Crippen LogP contribution in [-0.4, -0.2) is 35.8 Å². The highest BCUT2D eigenvalue weighted by Gasteiger charge is 2.25. The first-order valence-electron chi connectivity index (χ1n) is 7.97. The standard InChI is InChI=1S/C18H19FN2O3/c19-15-3-1-13(2-4-15)11-17(22)20-16-5-8-21(9-6-16)18(23)14-7-10-24-12-14/h1-4,7,10,12,16H,5-6,8-9,11H2,(H,20,22). The van der Waals surface area contributed by atoms with E-state index in [2.05, 4.69) is 5.32 Å². The van der Waals surface area contributed by atoms with E-state index in [-0.39, 0.29) is 30.1 Å². The molecule has 0 spiro atoms. The first-order valence-corrected chi connectivity index (χ1v) is 7.97. The molecular formula is C18H19FN2O3. The van der Waals surface area contributed by atoms with Gasteiger partial charge in [-0.15, -0.1) is 0 Å². The molecule has 0 aliphatic carbocycles. The van der Waals surface area contributed by atoms with Crippen molar-refractivity contribution in [1.29, 1.82) is 0 Å². The molecule has 126 valence electrons. The maximum Gasteiger partial charge on any atom is 0.257 e. The number of hydrogen-bond acceptors (Lipinski definition) is 3. The Morgan fingerprint density at radius 3 is 2.50 bits per heavy atom. The Hall–Kier alpha value is -2.63. The first-order chi connectivity index (χ1) is 11.6. The summed E-state index contributed by atoms with van der Waals surface area (Å²) in [4.78, 5) is 26.0. The molecule has 3 rings (SSSR count). The first kappa shape index (κ1) is 16.2. The number of piperidine rings is 1. The van der Waals surface area contributed by atoms with Gasteiger partial charge in [0.25, 0.3) is 5.91 Å². The van der Waals surface area contributed by atoms with Crippen molar-refractivity contribution in [2.24, 2.45) is 0 Å². The number of furan rings is 1. The molecule has 2 amide bonds. The lowest BCUT2D eigenvalue weighted by Crippen LogP contribution is -2.46. The Bertz CT molecular complexity index is 690. The zero-order valence-corrected chi connectivity index (χ0v) is 13.2. The monoisotopic (exact) mass is 330 g/mol. The van der Waals surface area contributed by atoms with E-state index in [4.69, 9.17) is 4.42 Å². The second kappa shape index (κ2) is 7.29. The topological polar surface area (TPSA) is 62.6 Å². The van der Waals surface area contributed by atoms with Gasteiger partial charge in [-0.3, -0.25) is 9.59 Å². The van der Waals surface area contributed by atoms with Crippen LogP contribution in [0.4, 0.5) is 4.39 Å². The number of nitrogens with one attached hydrogen (secondary N) is 1. The van der Waals surface area contributed by atoms with Gasteiger partial charge in [-0.25, -0.2) is 4.39 Å². The normalized spacial score (nSPS) is 15.3. The largest absolute Gasteiger partial charge is 0.472 e. The molecule has 1 aliphatic rings. The van der Waals surface area contributed by atoms with Gasteiger partial charge in [0.05, 0.1) is 18.2 Å². The Labute approximate surface area is 139 Å². The Morgan fingerprint density at radius 1 is 1.17 bits per heavy atom. The molecule has 1 N–H and O–H groups in total. The molecule has 2 heterocycles. The van der Waals surface area contributed by atoms with Crippen molar-refractivity contribution in [1.82, 2.24) is 10.2 Å². The van der Waals surface area contributed by atoms with Gasteiger partial charge in [0.2, 0.25) is 5.91 Å². The van der Waals surface area contributed by atoms with Crippen LogP contribution in [0.2, 0.25) is 0 Å². The van der Waals surface area contributed by atoms with E-state index in [1.54, 1.807) is 23.1 Å². The summed E-state index contributed by atoms with van der Waals surface area (Å²) in [7, 11) is 0. The molecule has 0 radical (unpaired) electrons. The molecule has 0 saturated carbocycles. The second-order valence-corrected chi connectivity index (χ2v) is 5.95. The molecule has 5 nitrogen and oxygen atoms in total. The van der Waals surface area contributed by atoms with Crippen LogP contribution in [0.15, 0.2) is 47.3 Å². The van der Waals surface area contributed by atoms with Crippen LogP contribution in [0.5, 0.6) is 0 Å². The fourth-order valence-corrected chi connectivity index (χ4v) is 2.86. The van der Waals surface area contributed by atoms with Gasteiger partial charge >= 0.3 is 0 Å². The van der Waals surface area contributed by atoms with Gasteiger partial charge in [-0.05, 0) is 36.6 Å². The lowest BCUT2D eigenvalue weighted by Gasteiger charge is -2.32. The molecule has 1 aliphatic heterocycles. The van der Waals surface area contributed by atoms with Crippen LogP contribution in [0.3, 0.4) is 0 Å². The average Bonchev–Trinajstić information content (AvgIpc) is 3.11. The fourth-order valence-electron chi connectivity index (χ4n) is 2.86. The SMILES string of the molecule is O=C(Cc1ccc(F)cc1)NC1CCN(C(=O)c2ccoc2)CC1. The molecule has 2 aromatic rings. The van der Waals surface area contributed by atoms with Gasteiger partial charge in [-0.1, -0.05) is 12.1 Å². The van der Waals surface area contributed by atoms with E-state index in [1.165, 1.54) is 24.7 Å². The van der Waals surface area contributed by atoms with Crippen molar-refractivity contribution in [3.8, 4) is 0 Å². The fraction of sp³-hybridized carbons (Fsp3) is 0.333. The predicted octanol–water partition coefficient (Wildman–Crippen LogP) is 2.38. The summed E-state index contributed by atoms with van der Waals surface area (Å²) >= 11 is 0. The van der Waals surface area contributed by atoms with Crippen LogP contribution in [0.1, 0.15) is 28.8 Å². The lowest BCUT2D eigenvalue weighted by atomic mass is 10.0. The molecule has 0 atom stereocenters. The highest BCUT2D eigenvalue weighted by Crippen LogP contribution is 2.14. The van der Waals surface area contributed by atoms with Crippen molar-refractivity contribution < 1.29 is 18.4 Å². The number of amides is 2. The summed E-state index contributed by atoms with van der Waals surface area (Å²) in [5, 5.41) is 2.99. The second-order valence-electron chi connectivity index (χ2n) is 5.95. The van der Waals surface area contributed by atoms with Crippen LogP contribution in [-0.2, 0) is 11.2 Å². The molecule has 24 heavy (non-hydrogen) atoms. The third-order valence-electron chi connectivity index (χ3n) is 4.19. The number of likely N-dealkylation sites (tertiary alicyclic amines) is 1. The van der Waals surface area contributed by atoms with Crippen molar-refractivity contribution >= 4 is 11.8 Å². The summed E-state index contributed by atoms with van der Waals surface area (Å²) in [5.41, 5.74) is 1.33. The molecule has 0 bridgehead atoms. The summed E-state index contributed by atoms with van der Waals surface area (Å²) in [6, 6.07) is 7.64.